The third-order valence-corrected chi connectivity index (χ3v) is 3.85. The van der Waals surface area contributed by atoms with Crippen molar-refractivity contribution in [1.82, 2.24) is 5.43 Å². The summed E-state index contributed by atoms with van der Waals surface area (Å²) in [5.41, 5.74) is 7.17. The van der Waals surface area contributed by atoms with Gasteiger partial charge in [0.25, 0.3) is 0 Å². The Morgan fingerprint density at radius 3 is 2.55 bits per heavy atom. The summed E-state index contributed by atoms with van der Waals surface area (Å²) in [7, 11) is 0. The Hall–Kier alpha value is -1.23. The number of aryl methyl sites for hydroxylation is 2. The van der Waals surface area contributed by atoms with Crippen molar-refractivity contribution < 1.29 is 4.39 Å². The molecule has 1 unspecified atom stereocenters. The van der Waals surface area contributed by atoms with E-state index in [1.54, 1.807) is 6.07 Å². The predicted octanol–water partition coefficient (Wildman–Crippen LogP) is 3.95. The second kappa shape index (κ2) is 6.48. The first-order valence-electron chi connectivity index (χ1n) is 6.48. The molecule has 0 bridgehead atoms. The van der Waals surface area contributed by atoms with Gasteiger partial charge in [0.2, 0.25) is 0 Å². The van der Waals surface area contributed by atoms with E-state index in [2.05, 4.69) is 39.6 Å². The predicted molar refractivity (Wildman–Crippen MR) is 83.8 cm³/mol. The Morgan fingerprint density at radius 2 is 1.95 bits per heavy atom. The van der Waals surface area contributed by atoms with Crippen LogP contribution in [-0.2, 0) is 6.42 Å². The first-order valence-corrected chi connectivity index (χ1v) is 7.27. The van der Waals surface area contributed by atoms with Crippen molar-refractivity contribution in [2.75, 3.05) is 0 Å². The van der Waals surface area contributed by atoms with Crippen LogP contribution in [0.2, 0.25) is 0 Å². The lowest BCUT2D eigenvalue weighted by molar-refractivity contribution is 0.549. The average molecular weight is 337 g/mol. The van der Waals surface area contributed by atoms with Crippen LogP contribution in [0.5, 0.6) is 0 Å². The lowest BCUT2D eigenvalue weighted by atomic mass is 9.95. The van der Waals surface area contributed by atoms with Crippen LogP contribution >= 0.6 is 15.9 Å². The highest BCUT2D eigenvalue weighted by molar-refractivity contribution is 9.10. The average Bonchev–Trinajstić information content (AvgIpc) is 2.36. The Morgan fingerprint density at radius 1 is 1.20 bits per heavy atom. The van der Waals surface area contributed by atoms with E-state index >= 15 is 0 Å². The molecule has 4 heteroatoms. The third kappa shape index (κ3) is 3.66. The highest BCUT2D eigenvalue weighted by Crippen LogP contribution is 2.24. The molecule has 2 nitrogen and oxygen atoms in total. The molecule has 20 heavy (non-hydrogen) atoms. The van der Waals surface area contributed by atoms with Gasteiger partial charge in [-0.05, 0) is 66.8 Å². The Bertz CT molecular complexity index is 593. The summed E-state index contributed by atoms with van der Waals surface area (Å²) in [5.74, 6) is 5.49. The van der Waals surface area contributed by atoms with Gasteiger partial charge in [-0.1, -0.05) is 28.1 Å². The lowest BCUT2D eigenvalue weighted by Crippen LogP contribution is -2.29. The van der Waals surface area contributed by atoms with Gasteiger partial charge in [0.1, 0.15) is 5.82 Å². The number of benzene rings is 2. The molecule has 0 aromatic heterocycles. The number of rotatable bonds is 4. The molecule has 0 spiro atoms. The molecule has 0 aliphatic carbocycles. The second-order valence-electron chi connectivity index (χ2n) is 5.06. The summed E-state index contributed by atoms with van der Waals surface area (Å²) in [6.45, 7) is 3.96. The van der Waals surface area contributed by atoms with E-state index in [-0.39, 0.29) is 11.9 Å². The van der Waals surface area contributed by atoms with E-state index in [1.807, 2.05) is 19.9 Å². The highest BCUT2D eigenvalue weighted by Gasteiger charge is 2.13. The largest absolute Gasteiger partial charge is 0.271 e. The molecule has 0 saturated heterocycles. The molecule has 0 amide bonds. The molecule has 3 N–H and O–H groups in total. The zero-order chi connectivity index (χ0) is 14.7. The first kappa shape index (κ1) is 15.2. The number of hydrazine groups is 1. The molecule has 2 aromatic rings. The van der Waals surface area contributed by atoms with Gasteiger partial charge < -0.3 is 0 Å². The summed E-state index contributed by atoms with van der Waals surface area (Å²) in [5, 5.41) is 0. The summed E-state index contributed by atoms with van der Waals surface area (Å²) < 4.78 is 14.2. The molecule has 0 aliphatic heterocycles. The number of nitrogens with one attached hydrogen (secondary N) is 1. The minimum absolute atomic E-state index is 0.00430. The van der Waals surface area contributed by atoms with Gasteiger partial charge >= 0.3 is 0 Å². The van der Waals surface area contributed by atoms with Gasteiger partial charge in [-0.3, -0.25) is 11.3 Å². The van der Waals surface area contributed by atoms with E-state index < -0.39 is 0 Å². The molecule has 0 fully saturated rings. The second-order valence-corrected chi connectivity index (χ2v) is 5.97. The van der Waals surface area contributed by atoms with Crippen molar-refractivity contribution in [3.63, 3.8) is 0 Å². The molecular formula is C16H18BrFN2. The van der Waals surface area contributed by atoms with Crippen LogP contribution in [0, 0.1) is 19.7 Å². The van der Waals surface area contributed by atoms with Crippen LogP contribution in [0.4, 0.5) is 4.39 Å². The van der Waals surface area contributed by atoms with Gasteiger partial charge in [0.05, 0.1) is 6.04 Å². The topological polar surface area (TPSA) is 38.0 Å². The molecule has 2 aromatic carbocycles. The molecule has 0 heterocycles. The Kier molecular flexibility index (Phi) is 4.91. The van der Waals surface area contributed by atoms with Crippen LogP contribution in [0.3, 0.4) is 0 Å². The quantitative estimate of drug-likeness (QED) is 0.655. The van der Waals surface area contributed by atoms with E-state index in [4.69, 9.17) is 5.84 Å². The molecule has 0 radical (unpaired) electrons. The van der Waals surface area contributed by atoms with Crippen molar-refractivity contribution >= 4 is 15.9 Å². The van der Waals surface area contributed by atoms with E-state index in [0.29, 0.717) is 0 Å². The SMILES string of the molecule is Cc1cc(Br)cc(C(Cc2ccc(F)cc2C)NN)c1. The van der Waals surface area contributed by atoms with Gasteiger partial charge in [-0.2, -0.15) is 0 Å². The van der Waals surface area contributed by atoms with Crippen molar-refractivity contribution in [3.05, 3.63) is 68.9 Å². The van der Waals surface area contributed by atoms with Crippen LogP contribution in [-0.4, -0.2) is 0 Å². The van der Waals surface area contributed by atoms with E-state index in [9.17, 15) is 4.39 Å². The number of halogens is 2. The summed E-state index contributed by atoms with van der Waals surface area (Å²) in [4.78, 5) is 0. The standard InChI is InChI=1S/C16H18BrFN2/c1-10-5-13(8-14(17)6-10)16(20-19)9-12-3-4-15(18)7-11(12)2/h3-8,16,20H,9,19H2,1-2H3. The van der Waals surface area contributed by atoms with Crippen LogP contribution < -0.4 is 11.3 Å². The number of hydrogen-bond acceptors (Lipinski definition) is 2. The highest BCUT2D eigenvalue weighted by atomic mass is 79.9. The van der Waals surface area contributed by atoms with Crippen molar-refractivity contribution in [3.8, 4) is 0 Å². The normalized spacial score (nSPS) is 12.4. The van der Waals surface area contributed by atoms with Crippen LogP contribution in [0.1, 0.15) is 28.3 Å². The van der Waals surface area contributed by atoms with Crippen molar-refractivity contribution in [1.29, 1.82) is 0 Å². The summed E-state index contributed by atoms with van der Waals surface area (Å²) in [6.07, 6.45) is 0.721. The molecule has 106 valence electrons. The molecule has 1 atom stereocenters. The van der Waals surface area contributed by atoms with Gasteiger partial charge in [-0.15, -0.1) is 0 Å². The fourth-order valence-electron chi connectivity index (χ4n) is 2.35. The van der Waals surface area contributed by atoms with Gasteiger partial charge in [-0.25, -0.2) is 4.39 Å². The maximum atomic E-state index is 13.1. The zero-order valence-electron chi connectivity index (χ0n) is 11.6. The van der Waals surface area contributed by atoms with Crippen LogP contribution in [0.25, 0.3) is 0 Å². The third-order valence-electron chi connectivity index (χ3n) is 3.40. The Labute approximate surface area is 127 Å². The fourth-order valence-corrected chi connectivity index (χ4v) is 2.97. The van der Waals surface area contributed by atoms with Crippen molar-refractivity contribution in [2.45, 2.75) is 26.3 Å². The lowest BCUT2D eigenvalue weighted by Gasteiger charge is -2.18. The molecular weight excluding hydrogens is 319 g/mol. The van der Waals surface area contributed by atoms with Gasteiger partial charge in [0, 0.05) is 4.47 Å². The van der Waals surface area contributed by atoms with E-state index in [0.717, 1.165) is 27.6 Å². The zero-order valence-corrected chi connectivity index (χ0v) is 13.2. The maximum Gasteiger partial charge on any atom is 0.123 e. The Balaban J connectivity index is 2.28. The summed E-state index contributed by atoms with van der Waals surface area (Å²) >= 11 is 3.50. The molecule has 2 rings (SSSR count). The van der Waals surface area contributed by atoms with Crippen LogP contribution in [0.15, 0.2) is 40.9 Å². The van der Waals surface area contributed by atoms with Gasteiger partial charge in [0.15, 0.2) is 0 Å². The molecule has 0 aliphatic rings. The fraction of sp³-hybridized carbons (Fsp3) is 0.250. The summed E-state index contributed by atoms with van der Waals surface area (Å²) in [6, 6.07) is 11.1. The van der Waals surface area contributed by atoms with Crippen molar-refractivity contribution in [2.24, 2.45) is 5.84 Å². The number of nitrogens with two attached hydrogens (primary N) is 1. The monoisotopic (exact) mass is 336 g/mol. The maximum absolute atomic E-state index is 13.1. The minimum Gasteiger partial charge on any atom is -0.271 e. The number of hydrogen-bond donors (Lipinski definition) is 2. The smallest absolute Gasteiger partial charge is 0.123 e. The minimum atomic E-state index is -0.207. The molecule has 0 saturated carbocycles. The van der Waals surface area contributed by atoms with E-state index in [1.165, 1.54) is 11.6 Å². The first-order chi connectivity index (χ1) is 9.49.